The molecule has 0 atom stereocenters. The number of benzene rings is 2. The van der Waals surface area contributed by atoms with Gasteiger partial charge in [0.05, 0.1) is 23.1 Å². The average Bonchev–Trinajstić information content (AvgIpc) is 2.68. The molecular formula is C19H13BrClN3O3S. The second-order valence-electron chi connectivity index (χ2n) is 5.52. The lowest BCUT2D eigenvalue weighted by Crippen LogP contribution is -2.14. The van der Waals surface area contributed by atoms with Crippen molar-refractivity contribution in [3.8, 4) is 0 Å². The van der Waals surface area contributed by atoms with Crippen molar-refractivity contribution in [1.29, 1.82) is 0 Å². The maximum absolute atomic E-state index is 12.6. The molecule has 9 heteroatoms. The molecule has 28 heavy (non-hydrogen) atoms. The first-order valence-corrected chi connectivity index (χ1v) is 9.90. The Balaban J connectivity index is 1.76. The van der Waals surface area contributed by atoms with Crippen LogP contribution in [0.5, 0.6) is 0 Å². The number of nitrogens with zero attached hydrogens (tertiary/aromatic N) is 1. The monoisotopic (exact) mass is 477 g/mol. The molecule has 3 N–H and O–H groups in total. The minimum atomic E-state index is -1.11. The number of hydrogen-bond donors (Lipinski definition) is 3. The highest BCUT2D eigenvalue weighted by Gasteiger charge is 2.14. The number of halogens is 2. The number of anilines is 2. The van der Waals surface area contributed by atoms with E-state index < -0.39 is 11.9 Å². The Hall–Kier alpha value is -2.55. The SMILES string of the molecule is O=C(Nc1ccccc1C(=O)O)c1ccc(Br)c(SNc2ccc(Cl)nc2)c1. The first kappa shape index (κ1) is 20.2. The zero-order chi connectivity index (χ0) is 20.1. The molecule has 3 rings (SSSR count). The number of rotatable bonds is 6. The number of pyridine rings is 1. The van der Waals surface area contributed by atoms with Crippen LogP contribution in [0.15, 0.2) is 70.2 Å². The Morgan fingerprint density at radius 1 is 1.11 bits per heavy atom. The summed E-state index contributed by atoms with van der Waals surface area (Å²) >= 11 is 10.5. The maximum atomic E-state index is 12.6. The van der Waals surface area contributed by atoms with E-state index in [0.717, 1.165) is 15.1 Å². The van der Waals surface area contributed by atoms with Crippen molar-refractivity contribution in [2.75, 3.05) is 10.0 Å². The summed E-state index contributed by atoms with van der Waals surface area (Å²) in [5.41, 5.74) is 1.41. The number of carboxylic acid groups (broad SMARTS) is 1. The van der Waals surface area contributed by atoms with Crippen LogP contribution in [0.3, 0.4) is 0 Å². The predicted molar refractivity (Wildman–Crippen MR) is 114 cm³/mol. The van der Waals surface area contributed by atoms with Crippen LogP contribution in [-0.2, 0) is 0 Å². The molecule has 0 saturated carbocycles. The van der Waals surface area contributed by atoms with Gasteiger partial charge in [-0.3, -0.25) is 4.79 Å². The lowest BCUT2D eigenvalue weighted by Gasteiger charge is -2.11. The second kappa shape index (κ2) is 9.09. The van der Waals surface area contributed by atoms with Gasteiger partial charge in [-0.25, -0.2) is 9.78 Å². The smallest absolute Gasteiger partial charge is 0.337 e. The Morgan fingerprint density at radius 3 is 2.61 bits per heavy atom. The van der Waals surface area contributed by atoms with E-state index in [1.807, 2.05) is 0 Å². The Morgan fingerprint density at radius 2 is 1.89 bits per heavy atom. The normalized spacial score (nSPS) is 10.4. The van der Waals surface area contributed by atoms with Crippen LogP contribution in [0, 0.1) is 0 Å². The molecule has 1 amide bonds. The van der Waals surface area contributed by atoms with Gasteiger partial charge in [0.15, 0.2) is 0 Å². The molecule has 6 nitrogen and oxygen atoms in total. The van der Waals surface area contributed by atoms with E-state index in [-0.39, 0.29) is 11.3 Å². The zero-order valence-corrected chi connectivity index (χ0v) is 17.3. The quantitative estimate of drug-likeness (QED) is 0.317. The summed E-state index contributed by atoms with van der Waals surface area (Å²) in [7, 11) is 0. The molecular weight excluding hydrogens is 466 g/mol. The predicted octanol–water partition coefficient (Wildman–Crippen LogP) is 5.57. The summed E-state index contributed by atoms with van der Waals surface area (Å²) in [6.07, 6.45) is 1.60. The fraction of sp³-hybridized carbons (Fsp3) is 0. The van der Waals surface area contributed by atoms with Crippen molar-refractivity contribution < 1.29 is 14.7 Å². The largest absolute Gasteiger partial charge is 0.478 e. The highest BCUT2D eigenvalue weighted by atomic mass is 79.9. The van der Waals surface area contributed by atoms with Crippen molar-refractivity contribution in [2.24, 2.45) is 0 Å². The molecule has 0 spiro atoms. The van der Waals surface area contributed by atoms with Crippen molar-refractivity contribution in [2.45, 2.75) is 4.90 Å². The molecule has 1 heterocycles. The van der Waals surface area contributed by atoms with E-state index in [4.69, 9.17) is 11.6 Å². The van der Waals surface area contributed by atoms with Crippen LogP contribution in [0.2, 0.25) is 5.15 Å². The van der Waals surface area contributed by atoms with Crippen LogP contribution in [0.4, 0.5) is 11.4 Å². The first-order chi connectivity index (χ1) is 13.4. The fourth-order valence-electron chi connectivity index (χ4n) is 2.25. The number of nitrogens with one attached hydrogen (secondary N) is 2. The maximum Gasteiger partial charge on any atom is 0.337 e. The number of aromatic nitrogens is 1. The molecule has 0 aliphatic carbocycles. The first-order valence-electron chi connectivity index (χ1n) is 7.91. The van der Waals surface area contributed by atoms with Gasteiger partial charge in [0, 0.05) is 14.9 Å². The molecule has 0 radical (unpaired) electrons. The molecule has 0 unspecified atom stereocenters. The highest BCUT2D eigenvalue weighted by Crippen LogP contribution is 2.30. The van der Waals surface area contributed by atoms with E-state index in [1.54, 1.807) is 54.7 Å². The number of carbonyl (C=O) groups is 2. The number of amides is 1. The third kappa shape index (κ3) is 5.03. The van der Waals surface area contributed by atoms with Gasteiger partial charge < -0.3 is 15.1 Å². The number of carbonyl (C=O) groups excluding carboxylic acids is 1. The van der Waals surface area contributed by atoms with Gasteiger partial charge in [0.25, 0.3) is 5.91 Å². The third-order valence-electron chi connectivity index (χ3n) is 3.61. The van der Waals surface area contributed by atoms with Crippen LogP contribution in [0.1, 0.15) is 20.7 Å². The van der Waals surface area contributed by atoms with E-state index in [1.165, 1.54) is 18.0 Å². The molecule has 0 bridgehead atoms. The molecule has 3 aromatic rings. The molecule has 142 valence electrons. The molecule has 2 aromatic carbocycles. The summed E-state index contributed by atoms with van der Waals surface area (Å²) in [5.74, 6) is -1.51. The Labute approximate surface area is 178 Å². The lowest BCUT2D eigenvalue weighted by molar-refractivity contribution is 0.0698. The molecule has 1 aromatic heterocycles. The van der Waals surface area contributed by atoms with E-state index in [0.29, 0.717) is 10.7 Å². The van der Waals surface area contributed by atoms with Gasteiger partial charge in [0.1, 0.15) is 5.15 Å². The van der Waals surface area contributed by atoms with Crippen molar-refractivity contribution in [3.05, 3.63) is 81.5 Å². The van der Waals surface area contributed by atoms with Crippen LogP contribution in [-0.4, -0.2) is 22.0 Å². The average molecular weight is 479 g/mol. The van der Waals surface area contributed by atoms with Crippen LogP contribution in [0.25, 0.3) is 0 Å². The number of aromatic carboxylic acids is 1. The van der Waals surface area contributed by atoms with Crippen molar-refractivity contribution in [3.63, 3.8) is 0 Å². The number of hydrogen-bond acceptors (Lipinski definition) is 5. The number of para-hydroxylation sites is 1. The van der Waals surface area contributed by atoms with Crippen LogP contribution < -0.4 is 10.0 Å². The number of carboxylic acids is 1. The summed E-state index contributed by atoms with van der Waals surface area (Å²) in [6, 6.07) is 14.8. The minimum absolute atomic E-state index is 0.0273. The summed E-state index contributed by atoms with van der Waals surface area (Å²) in [5, 5.41) is 12.3. The Bertz CT molecular complexity index is 1030. The van der Waals surface area contributed by atoms with Gasteiger partial charge in [-0.2, -0.15) is 0 Å². The summed E-state index contributed by atoms with van der Waals surface area (Å²) < 4.78 is 3.93. The molecule has 0 saturated heterocycles. The van der Waals surface area contributed by atoms with Gasteiger partial charge in [0.2, 0.25) is 0 Å². The zero-order valence-electron chi connectivity index (χ0n) is 14.1. The lowest BCUT2D eigenvalue weighted by atomic mass is 10.1. The van der Waals surface area contributed by atoms with Gasteiger partial charge in [-0.15, -0.1) is 0 Å². The molecule has 0 fully saturated rings. The van der Waals surface area contributed by atoms with Gasteiger partial charge in [-0.05, 0) is 70.3 Å². The molecule has 0 aliphatic rings. The summed E-state index contributed by atoms with van der Waals surface area (Å²) in [4.78, 5) is 28.7. The van der Waals surface area contributed by atoms with E-state index in [2.05, 4.69) is 31.0 Å². The van der Waals surface area contributed by atoms with Crippen molar-refractivity contribution >= 4 is 62.7 Å². The van der Waals surface area contributed by atoms with E-state index in [9.17, 15) is 14.7 Å². The Kier molecular flexibility index (Phi) is 6.56. The minimum Gasteiger partial charge on any atom is -0.478 e. The van der Waals surface area contributed by atoms with Crippen LogP contribution >= 0.6 is 39.5 Å². The summed E-state index contributed by atoms with van der Waals surface area (Å²) in [6.45, 7) is 0. The van der Waals surface area contributed by atoms with Gasteiger partial charge >= 0.3 is 5.97 Å². The van der Waals surface area contributed by atoms with E-state index >= 15 is 0 Å². The van der Waals surface area contributed by atoms with Gasteiger partial charge in [-0.1, -0.05) is 23.7 Å². The highest BCUT2D eigenvalue weighted by molar-refractivity contribution is 9.10. The topological polar surface area (TPSA) is 91.3 Å². The standard InChI is InChI=1S/C19H13BrClN3O3S/c20-14-7-5-11(9-16(14)28-24-12-6-8-17(21)22-10-12)18(25)23-15-4-2-1-3-13(15)19(26)27/h1-10,24H,(H,23,25)(H,26,27). The third-order valence-corrected chi connectivity index (χ3v) is 5.68. The second-order valence-corrected chi connectivity index (χ2v) is 7.61. The molecule has 0 aliphatic heterocycles. The fourth-order valence-corrected chi connectivity index (χ4v) is 3.55. The van der Waals surface area contributed by atoms with Crippen molar-refractivity contribution in [1.82, 2.24) is 4.98 Å².